The number of rotatable bonds is 4. The third-order valence-corrected chi connectivity index (χ3v) is 1.91. The molecule has 14 heavy (non-hydrogen) atoms. The lowest BCUT2D eigenvalue weighted by Gasteiger charge is -2.04. The van der Waals surface area contributed by atoms with Crippen LogP contribution in [0.3, 0.4) is 0 Å². The molecule has 4 heteroatoms. The Hall–Kier alpha value is -1.03. The van der Waals surface area contributed by atoms with Gasteiger partial charge in [0.2, 0.25) is 0 Å². The van der Waals surface area contributed by atoms with Crippen LogP contribution in [0.15, 0.2) is 12.1 Å². The van der Waals surface area contributed by atoms with Crippen LogP contribution in [0.2, 0.25) is 0 Å². The van der Waals surface area contributed by atoms with Crippen LogP contribution in [0, 0.1) is 17.5 Å². The zero-order valence-electron chi connectivity index (χ0n) is 7.91. The van der Waals surface area contributed by atoms with E-state index in [0.717, 1.165) is 12.6 Å². The van der Waals surface area contributed by atoms with Gasteiger partial charge in [-0.15, -0.1) is 0 Å². The van der Waals surface area contributed by atoms with Gasteiger partial charge in [0, 0.05) is 6.07 Å². The van der Waals surface area contributed by atoms with E-state index in [4.69, 9.17) is 0 Å². The first-order valence-corrected chi connectivity index (χ1v) is 4.49. The van der Waals surface area contributed by atoms with Crippen LogP contribution in [0.4, 0.5) is 13.2 Å². The second-order valence-corrected chi connectivity index (χ2v) is 2.96. The standard InChI is InChI=1S/C10H12F3N/c1-2-14-4-3-7-5-9(12)10(13)6-8(7)11/h5-6,14H,2-4H2,1H3. The van der Waals surface area contributed by atoms with Crippen molar-refractivity contribution in [1.29, 1.82) is 0 Å². The predicted octanol–water partition coefficient (Wildman–Crippen LogP) is 2.26. The molecule has 0 aliphatic rings. The van der Waals surface area contributed by atoms with E-state index in [1.54, 1.807) is 0 Å². The first kappa shape index (κ1) is 11.0. The number of benzene rings is 1. The van der Waals surface area contributed by atoms with E-state index in [-0.39, 0.29) is 5.56 Å². The molecule has 1 rings (SSSR count). The normalized spacial score (nSPS) is 10.6. The zero-order valence-corrected chi connectivity index (χ0v) is 7.91. The molecule has 1 aromatic rings. The van der Waals surface area contributed by atoms with Crippen molar-refractivity contribution in [3.05, 3.63) is 35.1 Å². The first-order chi connectivity index (χ1) is 6.65. The monoisotopic (exact) mass is 203 g/mol. The molecule has 0 aromatic heterocycles. The van der Waals surface area contributed by atoms with Crippen LogP contribution in [0.1, 0.15) is 12.5 Å². The third kappa shape index (κ3) is 2.73. The molecule has 1 N–H and O–H groups in total. The third-order valence-electron chi connectivity index (χ3n) is 1.91. The van der Waals surface area contributed by atoms with Crippen molar-refractivity contribution in [3.8, 4) is 0 Å². The number of hydrogen-bond acceptors (Lipinski definition) is 1. The highest BCUT2D eigenvalue weighted by Gasteiger charge is 2.08. The van der Waals surface area contributed by atoms with Gasteiger partial charge in [0.15, 0.2) is 11.6 Å². The van der Waals surface area contributed by atoms with Crippen molar-refractivity contribution in [3.63, 3.8) is 0 Å². The van der Waals surface area contributed by atoms with E-state index in [1.165, 1.54) is 0 Å². The van der Waals surface area contributed by atoms with Crippen molar-refractivity contribution in [2.75, 3.05) is 13.1 Å². The van der Waals surface area contributed by atoms with Crippen LogP contribution in [0.25, 0.3) is 0 Å². The Kier molecular flexibility index (Phi) is 3.95. The van der Waals surface area contributed by atoms with Crippen molar-refractivity contribution in [2.24, 2.45) is 0 Å². The molecule has 1 nitrogen and oxygen atoms in total. The number of likely N-dealkylation sites (N-methyl/N-ethyl adjacent to an activating group) is 1. The molecular formula is C10H12F3N. The summed E-state index contributed by atoms with van der Waals surface area (Å²) in [6.07, 6.45) is 0.358. The molecule has 0 aliphatic heterocycles. The lowest BCUT2D eigenvalue weighted by Crippen LogP contribution is -2.16. The summed E-state index contributed by atoms with van der Waals surface area (Å²) in [6.45, 7) is 3.24. The molecule has 1 aromatic carbocycles. The minimum atomic E-state index is -1.14. The van der Waals surface area contributed by atoms with Crippen molar-refractivity contribution in [2.45, 2.75) is 13.3 Å². The van der Waals surface area contributed by atoms with Gasteiger partial charge in [0.25, 0.3) is 0 Å². The fourth-order valence-corrected chi connectivity index (χ4v) is 1.16. The maximum atomic E-state index is 13.0. The van der Waals surface area contributed by atoms with Gasteiger partial charge in [0.05, 0.1) is 0 Å². The van der Waals surface area contributed by atoms with E-state index in [0.29, 0.717) is 19.0 Å². The smallest absolute Gasteiger partial charge is 0.161 e. The summed E-state index contributed by atoms with van der Waals surface area (Å²) in [7, 11) is 0. The molecule has 0 unspecified atom stereocenters. The van der Waals surface area contributed by atoms with Crippen molar-refractivity contribution >= 4 is 0 Å². The maximum absolute atomic E-state index is 13.0. The Balaban J connectivity index is 2.72. The zero-order chi connectivity index (χ0) is 10.6. The van der Waals surface area contributed by atoms with E-state index in [9.17, 15) is 13.2 Å². The quantitative estimate of drug-likeness (QED) is 0.584. The van der Waals surface area contributed by atoms with Crippen LogP contribution >= 0.6 is 0 Å². The Morgan fingerprint density at radius 3 is 2.36 bits per heavy atom. The summed E-state index contributed by atoms with van der Waals surface area (Å²) in [5.41, 5.74) is 0.199. The summed E-state index contributed by atoms with van der Waals surface area (Å²) < 4.78 is 38.2. The largest absolute Gasteiger partial charge is 0.317 e. The Labute approximate surface area is 80.9 Å². The second-order valence-electron chi connectivity index (χ2n) is 2.96. The number of nitrogens with one attached hydrogen (secondary N) is 1. The minimum Gasteiger partial charge on any atom is -0.317 e. The average molecular weight is 203 g/mol. The van der Waals surface area contributed by atoms with Gasteiger partial charge in [-0.3, -0.25) is 0 Å². The summed E-state index contributed by atoms with van der Waals surface area (Å²) in [4.78, 5) is 0. The van der Waals surface area contributed by atoms with Gasteiger partial charge in [-0.05, 0) is 31.1 Å². The highest BCUT2D eigenvalue weighted by Crippen LogP contribution is 2.13. The van der Waals surface area contributed by atoms with Gasteiger partial charge in [-0.1, -0.05) is 6.92 Å². The van der Waals surface area contributed by atoms with Crippen LogP contribution in [-0.2, 0) is 6.42 Å². The highest BCUT2D eigenvalue weighted by molar-refractivity contribution is 5.20. The molecule has 0 bridgehead atoms. The average Bonchev–Trinajstić information content (AvgIpc) is 2.14. The Bertz CT molecular complexity index is 312. The van der Waals surface area contributed by atoms with Crippen molar-refractivity contribution in [1.82, 2.24) is 5.32 Å². The van der Waals surface area contributed by atoms with E-state index < -0.39 is 17.5 Å². The van der Waals surface area contributed by atoms with Gasteiger partial charge in [-0.25, -0.2) is 13.2 Å². The van der Waals surface area contributed by atoms with E-state index in [2.05, 4.69) is 5.32 Å². The lowest BCUT2D eigenvalue weighted by molar-refractivity contribution is 0.489. The fraction of sp³-hybridized carbons (Fsp3) is 0.400. The summed E-state index contributed by atoms with van der Waals surface area (Å²) in [5.74, 6) is -2.84. The molecule has 0 saturated carbocycles. The molecule has 0 radical (unpaired) electrons. The van der Waals surface area contributed by atoms with Gasteiger partial charge < -0.3 is 5.32 Å². The Morgan fingerprint density at radius 2 is 1.71 bits per heavy atom. The lowest BCUT2D eigenvalue weighted by atomic mass is 10.1. The Morgan fingerprint density at radius 1 is 1.07 bits per heavy atom. The summed E-state index contributed by atoms with van der Waals surface area (Å²) in [5, 5.41) is 2.98. The number of halogens is 3. The molecule has 0 aliphatic carbocycles. The first-order valence-electron chi connectivity index (χ1n) is 4.49. The van der Waals surface area contributed by atoms with Crippen molar-refractivity contribution < 1.29 is 13.2 Å². The SMILES string of the molecule is CCNCCc1cc(F)c(F)cc1F. The van der Waals surface area contributed by atoms with Gasteiger partial charge in [0.1, 0.15) is 5.82 Å². The molecular weight excluding hydrogens is 191 g/mol. The van der Waals surface area contributed by atoms with Gasteiger partial charge in [-0.2, -0.15) is 0 Å². The fourth-order valence-electron chi connectivity index (χ4n) is 1.16. The molecule has 0 spiro atoms. The molecule has 0 heterocycles. The summed E-state index contributed by atoms with van der Waals surface area (Å²) >= 11 is 0. The van der Waals surface area contributed by atoms with Crippen LogP contribution in [-0.4, -0.2) is 13.1 Å². The van der Waals surface area contributed by atoms with Gasteiger partial charge >= 0.3 is 0 Å². The second kappa shape index (κ2) is 5.00. The van der Waals surface area contributed by atoms with E-state index in [1.807, 2.05) is 6.92 Å². The molecule has 0 amide bonds. The maximum Gasteiger partial charge on any atom is 0.161 e. The van der Waals surface area contributed by atoms with Crippen LogP contribution < -0.4 is 5.32 Å². The predicted molar refractivity (Wildman–Crippen MR) is 48.6 cm³/mol. The molecule has 0 atom stereocenters. The number of hydrogen-bond donors (Lipinski definition) is 1. The van der Waals surface area contributed by atoms with E-state index >= 15 is 0 Å². The minimum absolute atomic E-state index is 0.199. The summed E-state index contributed by atoms with van der Waals surface area (Å²) in [6, 6.07) is 1.48. The topological polar surface area (TPSA) is 12.0 Å². The highest BCUT2D eigenvalue weighted by atomic mass is 19.2. The molecule has 0 saturated heterocycles. The molecule has 0 fully saturated rings. The van der Waals surface area contributed by atoms with Crippen LogP contribution in [0.5, 0.6) is 0 Å². The molecule has 78 valence electrons.